The smallest absolute Gasteiger partial charge is 0.271 e. The summed E-state index contributed by atoms with van der Waals surface area (Å²) in [6.45, 7) is 3.84. The first-order valence-electron chi connectivity index (χ1n) is 8.39. The van der Waals surface area contributed by atoms with Crippen molar-refractivity contribution in [1.29, 1.82) is 0 Å². The molecular formula is C20H24N2O5. The molecular weight excluding hydrogens is 348 g/mol. The van der Waals surface area contributed by atoms with Crippen LogP contribution in [0.4, 0.5) is 0 Å². The highest BCUT2D eigenvalue weighted by Gasteiger charge is 2.12. The van der Waals surface area contributed by atoms with Crippen LogP contribution in [0.3, 0.4) is 0 Å². The van der Waals surface area contributed by atoms with Crippen LogP contribution in [0.2, 0.25) is 0 Å². The topological polar surface area (TPSA) is 78.4 Å². The van der Waals surface area contributed by atoms with Crippen LogP contribution in [0.15, 0.2) is 41.5 Å². The number of benzene rings is 2. The molecule has 0 saturated heterocycles. The molecule has 7 heteroatoms. The Morgan fingerprint density at radius 2 is 1.74 bits per heavy atom. The van der Waals surface area contributed by atoms with Crippen LogP contribution in [-0.2, 0) is 0 Å². The van der Waals surface area contributed by atoms with Gasteiger partial charge in [-0.15, -0.1) is 0 Å². The number of amides is 1. The number of hydrazone groups is 1. The van der Waals surface area contributed by atoms with Gasteiger partial charge >= 0.3 is 0 Å². The number of ether oxygens (including phenoxy) is 4. The van der Waals surface area contributed by atoms with Crippen LogP contribution in [0.5, 0.6) is 23.0 Å². The quantitative estimate of drug-likeness (QED) is 0.568. The van der Waals surface area contributed by atoms with E-state index in [9.17, 15) is 4.79 Å². The zero-order chi connectivity index (χ0) is 19.8. The summed E-state index contributed by atoms with van der Waals surface area (Å²) in [5.74, 6) is 1.80. The molecule has 1 amide bonds. The molecule has 0 aliphatic heterocycles. The Kier molecular flexibility index (Phi) is 7.05. The van der Waals surface area contributed by atoms with Crippen molar-refractivity contribution in [3.63, 3.8) is 0 Å². The van der Waals surface area contributed by atoms with Crippen LogP contribution < -0.4 is 24.4 Å². The zero-order valence-corrected chi connectivity index (χ0v) is 16.1. The standard InChI is InChI=1S/C20H24N2O5/c1-13(2)27-16-10-9-14(11-18(16)25-4)20(23)22-21-12-15-7-6-8-17(24-3)19(15)26-5/h6-13H,1-5H3,(H,22,23)/b21-12-. The molecule has 0 aliphatic rings. The zero-order valence-electron chi connectivity index (χ0n) is 16.1. The van der Waals surface area contributed by atoms with Crippen LogP contribution in [-0.4, -0.2) is 39.6 Å². The number of rotatable bonds is 8. The monoisotopic (exact) mass is 372 g/mol. The number of hydrogen-bond donors (Lipinski definition) is 1. The predicted octanol–water partition coefficient (Wildman–Crippen LogP) is 3.26. The molecule has 0 aliphatic carbocycles. The van der Waals surface area contributed by atoms with E-state index in [1.54, 1.807) is 44.6 Å². The van der Waals surface area contributed by atoms with Crippen molar-refractivity contribution in [3.05, 3.63) is 47.5 Å². The second kappa shape index (κ2) is 9.47. The van der Waals surface area contributed by atoms with Gasteiger partial charge in [0.05, 0.1) is 33.6 Å². The summed E-state index contributed by atoms with van der Waals surface area (Å²) in [7, 11) is 4.62. The molecule has 0 bridgehead atoms. The molecule has 0 fully saturated rings. The lowest BCUT2D eigenvalue weighted by molar-refractivity contribution is 0.0954. The lowest BCUT2D eigenvalue weighted by Crippen LogP contribution is -2.18. The molecule has 0 unspecified atom stereocenters. The minimum Gasteiger partial charge on any atom is -0.493 e. The number of para-hydroxylation sites is 1. The van der Waals surface area contributed by atoms with Gasteiger partial charge in [0, 0.05) is 11.1 Å². The Bertz CT molecular complexity index is 818. The normalized spacial score (nSPS) is 10.7. The lowest BCUT2D eigenvalue weighted by atomic mass is 10.2. The number of carbonyl (C=O) groups excluding carboxylic acids is 1. The summed E-state index contributed by atoms with van der Waals surface area (Å²) in [6, 6.07) is 10.3. The van der Waals surface area contributed by atoms with Crippen molar-refractivity contribution < 1.29 is 23.7 Å². The Morgan fingerprint density at radius 1 is 1.00 bits per heavy atom. The largest absolute Gasteiger partial charge is 0.493 e. The molecule has 7 nitrogen and oxygen atoms in total. The molecule has 0 aromatic heterocycles. The molecule has 0 heterocycles. The second-order valence-corrected chi connectivity index (χ2v) is 5.81. The van der Waals surface area contributed by atoms with Crippen molar-refractivity contribution in [2.75, 3.05) is 21.3 Å². The number of nitrogens with zero attached hydrogens (tertiary/aromatic N) is 1. The first-order chi connectivity index (χ1) is 13.0. The first kappa shape index (κ1) is 20.1. The van der Waals surface area contributed by atoms with Gasteiger partial charge in [0.15, 0.2) is 23.0 Å². The van der Waals surface area contributed by atoms with Gasteiger partial charge < -0.3 is 18.9 Å². The van der Waals surface area contributed by atoms with Gasteiger partial charge in [-0.05, 0) is 44.2 Å². The van der Waals surface area contributed by atoms with E-state index >= 15 is 0 Å². The van der Waals surface area contributed by atoms with E-state index in [0.717, 1.165) is 0 Å². The van der Waals surface area contributed by atoms with Gasteiger partial charge in [-0.1, -0.05) is 6.07 Å². The molecule has 2 rings (SSSR count). The molecule has 2 aromatic carbocycles. The maximum absolute atomic E-state index is 12.3. The maximum atomic E-state index is 12.3. The van der Waals surface area contributed by atoms with E-state index in [0.29, 0.717) is 34.1 Å². The molecule has 144 valence electrons. The van der Waals surface area contributed by atoms with Crippen molar-refractivity contribution in [1.82, 2.24) is 5.43 Å². The molecule has 0 atom stereocenters. The summed E-state index contributed by atoms with van der Waals surface area (Å²) in [5.41, 5.74) is 3.56. The van der Waals surface area contributed by atoms with E-state index in [1.165, 1.54) is 13.3 Å². The van der Waals surface area contributed by atoms with E-state index in [1.807, 2.05) is 19.9 Å². The van der Waals surface area contributed by atoms with Crippen molar-refractivity contribution in [2.45, 2.75) is 20.0 Å². The highest BCUT2D eigenvalue weighted by atomic mass is 16.5. The van der Waals surface area contributed by atoms with E-state index in [4.69, 9.17) is 18.9 Å². The van der Waals surface area contributed by atoms with E-state index in [2.05, 4.69) is 10.5 Å². The SMILES string of the molecule is COc1cc(C(=O)N/N=C\c2cccc(OC)c2OC)ccc1OC(C)C. The van der Waals surface area contributed by atoms with Gasteiger partial charge in [0.1, 0.15) is 0 Å². The second-order valence-electron chi connectivity index (χ2n) is 5.81. The van der Waals surface area contributed by atoms with Crippen LogP contribution in [0, 0.1) is 0 Å². The fraction of sp³-hybridized carbons (Fsp3) is 0.300. The maximum Gasteiger partial charge on any atom is 0.271 e. The lowest BCUT2D eigenvalue weighted by Gasteiger charge is -2.14. The van der Waals surface area contributed by atoms with Crippen molar-refractivity contribution in [2.24, 2.45) is 5.10 Å². The number of methoxy groups -OCH3 is 3. The Balaban J connectivity index is 2.13. The van der Waals surface area contributed by atoms with Crippen molar-refractivity contribution in [3.8, 4) is 23.0 Å². The fourth-order valence-corrected chi connectivity index (χ4v) is 2.40. The van der Waals surface area contributed by atoms with E-state index in [-0.39, 0.29) is 12.0 Å². The predicted molar refractivity (Wildman–Crippen MR) is 103 cm³/mol. The Hall–Kier alpha value is -3.22. The van der Waals surface area contributed by atoms with Gasteiger partial charge in [0.2, 0.25) is 0 Å². The van der Waals surface area contributed by atoms with Gasteiger partial charge in [-0.2, -0.15) is 5.10 Å². The van der Waals surface area contributed by atoms with Gasteiger partial charge in [-0.25, -0.2) is 5.43 Å². The molecule has 1 N–H and O–H groups in total. The average molecular weight is 372 g/mol. The number of carbonyl (C=O) groups is 1. The van der Waals surface area contributed by atoms with E-state index < -0.39 is 0 Å². The molecule has 0 spiro atoms. The summed E-state index contributed by atoms with van der Waals surface area (Å²) in [5, 5.41) is 4.00. The highest BCUT2D eigenvalue weighted by molar-refractivity contribution is 5.95. The van der Waals surface area contributed by atoms with Gasteiger partial charge in [0.25, 0.3) is 5.91 Å². The summed E-state index contributed by atoms with van der Waals surface area (Å²) < 4.78 is 21.5. The number of nitrogens with one attached hydrogen (secondary N) is 1. The molecule has 0 radical (unpaired) electrons. The van der Waals surface area contributed by atoms with Crippen LogP contribution >= 0.6 is 0 Å². The molecule has 27 heavy (non-hydrogen) atoms. The first-order valence-corrected chi connectivity index (χ1v) is 8.39. The minimum atomic E-state index is -0.373. The third-order valence-corrected chi connectivity index (χ3v) is 3.59. The highest BCUT2D eigenvalue weighted by Crippen LogP contribution is 2.30. The third kappa shape index (κ3) is 5.13. The fourth-order valence-electron chi connectivity index (χ4n) is 2.40. The molecule has 2 aromatic rings. The summed E-state index contributed by atoms with van der Waals surface area (Å²) >= 11 is 0. The third-order valence-electron chi connectivity index (χ3n) is 3.59. The van der Waals surface area contributed by atoms with Gasteiger partial charge in [-0.3, -0.25) is 4.79 Å². The van der Waals surface area contributed by atoms with Crippen LogP contribution in [0.1, 0.15) is 29.8 Å². The Labute approximate surface area is 158 Å². The minimum absolute atomic E-state index is 0.000945. The number of hydrogen-bond acceptors (Lipinski definition) is 6. The Morgan fingerprint density at radius 3 is 2.37 bits per heavy atom. The van der Waals surface area contributed by atoms with Crippen LogP contribution in [0.25, 0.3) is 0 Å². The van der Waals surface area contributed by atoms with Crippen molar-refractivity contribution >= 4 is 12.1 Å². The average Bonchev–Trinajstić information content (AvgIpc) is 2.67. The summed E-state index contributed by atoms with van der Waals surface area (Å²) in [4.78, 5) is 12.3. The molecule has 0 saturated carbocycles. The summed E-state index contributed by atoms with van der Waals surface area (Å²) in [6.07, 6.45) is 1.49.